The van der Waals surface area contributed by atoms with E-state index < -0.39 is 0 Å². The van der Waals surface area contributed by atoms with E-state index in [1.165, 1.54) is 6.42 Å². The molecule has 0 radical (unpaired) electrons. The van der Waals surface area contributed by atoms with Crippen LogP contribution in [-0.2, 0) is 0 Å². The molecule has 4 nitrogen and oxygen atoms in total. The Morgan fingerprint density at radius 2 is 2.17 bits per heavy atom. The summed E-state index contributed by atoms with van der Waals surface area (Å²) in [6, 6.07) is 0. The molecule has 2 rings (SSSR count). The fourth-order valence-electron chi connectivity index (χ4n) is 2.36. The molecule has 5 heteroatoms. The third kappa shape index (κ3) is 2.76. The summed E-state index contributed by atoms with van der Waals surface area (Å²) in [5, 5.41) is 2.99. The first kappa shape index (κ1) is 13.6. The van der Waals surface area contributed by atoms with Gasteiger partial charge in [0.05, 0.1) is 4.47 Å². The summed E-state index contributed by atoms with van der Waals surface area (Å²) in [6.07, 6.45) is 3.05. The van der Waals surface area contributed by atoms with E-state index in [1.54, 1.807) is 0 Å². The zero-order valence-corrected chi connectivity index (χ0v) is 13.1. The third-order valence-corrected chi connectivity index (χ3v) is 4.22. The standard InChI is InChI=1S/C13H21BrN4/c1-13(2,3)9-5-6-18(8-9)11-10(14)7-16-12(15-4)17-11/h7,9H,5-6,8H2,1-4H3,(H,15,16,17). The summed E-state index contributed by atoms with van der Waals surface area (Å²) < 4.78 is 0.969. The highest BCUT2D eigenvalue weighted by atomic mass is 79.9. The number of aromatic nitrogens is 2. The van der Waals surface area contributed by atoms with Crippen molar-refractivity contribution in [3.05, 3.63) is 10.7 Å². The molecule has 1 atom stereocenters. The highest BCUT2D eigenvalue weighted by Crippen LogP contribution is 2.37. The Labute approximate surface area is 117 Å². The van der Waals surface area contributed by atoms with Crippen molar-refractivity contribution in [2.75, 3.05) is 30.4 Å². The van der Waals surface area contributed by atoms with E-state index in [-0.39, 0.29) is 0 Å². The molecule has 18 heavy (non-hydrogen) atoms. The second-order valence-corrected chi connectivity index (χ2v) is 6.77. The van der Waals surface area contributed by atoms with Crippen LogP contribution in [-0.4, -0.2) is 30.1 Å². The lowest BCUT2D eigenvalue weighted by Crippen LogP contribution is -2.26. The molecular formula is C13H21BrN4. The van der Waals surface area contributed by atoms with Gasteiger partial charge in [0.25, 0.3) is 0 Å². The normalized spacial score (nSPS) is 20.3. The Hall–Kier alpha value is -0.840. The molecule has 0 bridgehead atoms. The van der Waals surface area contributed by atoms with Crippen molar-refractivity contribution in [3.63, 3.8) is 0 Å². The molecule has 1 unspecified atom stereocenters. The number of hydrogen-bond acceptors (Lipinski definition) is 4. The first-order valence-corrected chi connectivity index (χ1v) is 7.16. The fraction of sp³-hybridized carbons (Fsp3) is 0.692. The zero-order valence-electron chi connectivity index (χ0n) is 11.5. The van der Waals surface area contributed by atoms with Gasteiger partial charge in [0, 0.05) is 26.3 Å². The van der Waals surface area contributed by atoms with Crippen LogP contribution in [0.5, 0.6) is 0 Å². The van der Waals surface area contributed by atoms with E-state index in [0.29, 0.717) is 11.4 Å². The summed E-state index contributed by atoms with van der Waals surface area (Å²) in [5.74, 6) is 2.39. The predicted molar refractivity (Wildman–Crippen MR) is 79.1 cm³/mol. The van der Waals surface area contributed by atoms with Crippen LogP contribution in [0.2, 0.25) is 0 Å². The van der Waals surface area contributed by atoms with Crippen LogP contribution in [0.4, 0.5) is 11.8 Å². The van der Waals surface area contributed by atoms with Gasteiger partial charge in [-0.05, 0) is 33.7 Å². The van der Waals surface area contributed by atoms with E-state index in [1.807, 2.05) is 13.2 Å². The van der Waals surface area contributed by atoms with E-state index in [9.17, 15) is 0 Å². The van der Waals surface area contributed by atoms with Crippen molar-refractivity contribution in [1.82, 2.24) is 9.97 Å². The van der Waals surface area contributed by atoms with Crippen LogP contribution in [0.25, 0.3) is 0 Å². The smallest absolute Gasteiger partial charge is 0.224 e. The molecule has 2 heterocycles. The lowest BCUT2D eigenvalue weighted by Gasteiger charge is -2.27. The van der Waals surface area contributed by atoms with Gasteiger partial charge in [-0.2, -0.15) is 4.98 Å². The molecular weight excluding hydrogens is 292 g/mol. The molecule has 1 aromatic rings. The van der Waals surface area contributed by atoms with Crippen LogP contribution in [0.1, 0.15) is 27.2 Å². The Balaban J connectivity index is 2.19. The predicted octanol–water partition coefficient (Wildman–Crippen LogP) is 3.15. The number of anilines is 2. The molecule has 0 amide bonds. The number of hydrogen-bond donors (Lipinski definition) is 1. The van der Waals surface area contributed by atoms with Gasteiger partial charge in [-0.25, -0.2) is 4.98 Å². The van der Waals surface area contributed by atoms with Gasteiger partial charge in [-0.3, -0.25) is 0 Å². The van der Waals surface area contributed by atoms with Crippen LogP contribution < -0.4 is 10.2 Å². The van der Waals surface area contributed by atoms with E-state index in [0.717, 1.165) is 29.3 Å². The molecule has 0 spiro atoms. The van der Waals surface area contributed by atoms with Crippen LogP contribution in [0, 0.1) is 11.3 Å². The summed E-state index contributed by atoms with van der Waals surface area (Å²) in [4.78, 5) is 11.1. The number of rotatable bonds is 2. The number of nitrogens with one attached hydrogen (secondary N) is 1. The molecule has 0 saturated carbocycles. The minimum atomic E-state index is 0.361. The summed E-state index contributed by atoms with van der Waals surface area (Å²) in [5.41, 5.74) is 0.361. The maximum atomic E-state index is 4.55. The second-order valence-electron chi connectivity index (χ2n) is 5.91. The summed E-state index contributed by atoms with van der Waals surface area (Å²) >= 11 is 3.55. The van der Waals surface area contributed by atoms with Crippen molar-refractivity contribution < 1.29 is 0 Å². The minimum absolute atomic E-state index is 0.361. The van der Waals surface area contributed by atoms with Crippen LogP contribution in [0.3, 0.4) is 0 Å². The van der Waals surface area contributed by atoms with Crippen molar-refractivity contribution >= 4 is 27.7 Å². The average molecular weight is 313 g/mol. The van der Waals surface area contributed by atoms with E-state index in [4.69, 9.17) is 0 Å². The van der Waals surface area contributed by atoms with Gasteiger partial charge in [0.2, 0.25) is 5.95 Å². The molecule has 1 aliphatic heterocycles. The Bertz CT molecular complexity index is 427. The maximum absolute atomic E-state index is 4.55. The molecule has 100 valence electrons. The largest absolute Gasteiger partial charge is 0.357 e. The van der Waals surface area contributed by atoms with Crippen LogP contribution in [0.15, 0.2) is 10.7 Å². The SMILES string of the molecule is CNc1ncc(Br)c(N2CCC(C(C)(C)C)C2)n1. The lowest BCUT2D eigenvalue weighted by atomic mass is 9.80. The van der Waals surface area contributed by atoms with Gasteiger partial charge in [0.1, 0.15) is 5.82 Å². The highest BCUT2D eigenvalue weighted by molar-refractivity contribution is 9.10. The molecule has 0 aromatic carbocycles. The number of halogens is 1. The van der Waals surface area contributed by atoms with Gasteiger partial charge in [-0.1, -0.05) is 20.8 Å². The monoisotopic (exact) mass is 312 g/mol. The Kier molecular flexibility index (Phi) is 3.80. The van der Waals surface area contributed by atoms with Crippen molar-refractivity contribution in [2.45, 2.75) is 27.2 Å². The Morgan fingerprint density at radius 1 is 1.44 bits per heavy atom. The highest BCUT2D eigenvalue weighted by Gasteiger charge is 2.33. The van der Waals surface area contributed by atoms with Gasteiger partial charge in [-0.15, -0.1) is 0 Å². The Morgan fingerprint density at radius 3 is 2.72 bits per heavy atom. The molecule has 1 fully saturated rings. The van der Waals surface area contributed by atoms with E-state index >= 15 is 0 Å². The van der Waals surface area contributed by atoms with Crippen molar-refractivity contribution in [3.8, 4) is 0 Å². The molecule has 1 aromatic heterocycles. The van der Waals surface area contributed by atoms with Crippen molar-refractivity contribution in [2.24, 2.45) is 11.3 Å². The lowest BCUT2D eigenvalue weighted by molar-refractivity contribution is 0.263. The minimum Gasteiger partial charge on any atom is -0.357 e. The first-order chi connectivity index (χ1) is 8.41. The van der Waals surface area contributed by atoms with Crippen molar-refractivity contribution in [1.29, 1.82) is 0 Å². The summed E-state index contributed by atoms with van der Waals surface area (Å²) in [6.45, 7) is 9.09. The molecule has 0 aliphatic carbocycles. The van der Waals surface area contributed by atoms with Gasteiger partial charge < -0.3 is 10.2 Å². The number of nitrogens with zero attached hydrogens (tertiary/aromatic N) is 3. The summed E-state index contributed by atoms with van der Waals surface area (Å²) in [7, 11) is 1.84. The van der Waals surface area contributed by atoms with Crippen LogP contribution >= 0.6 is 15.9 Å². The molecule has 1 aliphatic rings. The quantitative estimate of drug-likeness (QED) is 0.910. The molecule has 1 N–H and O–H groups in total. The van der Waals surface area contributed by atoms with E-state index in [2.05, 4.69) is 56.9 Å². The zero-order chi connectivity index (χ0) is 13.3. The maximum Gasteiger partial charge on any atom is 0.224 e. The first-order valence-electron chi connectivity index (χ1n) is 6.37. The fourth-order valence-corrected chi connectivity index (χ4v) is 2.80. The average Bonchev–Trinajstić information content (AvgIpc) is 2.78. The topological polar surface area (TPSA) is 41.1 Å². The van der Waals surface area contributed by atoms with Gasteiger partial charge >= 0.3 is 0 Å². The second kappa shape index (κ2) is 5.03. The third-order valence-electron chi connectivity index (χ3n) is 3.66. The van der Waals surface area contributed by atoms with Gasteiger partial charge in [0.15, 0.2) is 0 Å². The molecule has 1 saturated heterocycles.